The number of primary sulfonamides is 1. The molecule has 3 N–H and O–H groups in total. The quantitative estimate of drug-likeness (QED) is 0.578. The predicted octanol–water partition coefficient (Wildman–Crippen LogP) is -0.109. The van der Waals surface area contributed by atoms with Gasteiger partial charge in [0.15, 0.2) is 0 Å². The number of carbonyl (C=O) groups excluding carboxylic acids is 1. The van der Waals surface area contributed by atoms with Gasteiger partial charge in [-0.1, -0.05) is 0 Å². The van der Waals surface area contributed by atoms with Gasteiger partial charge in [-0.25, -0.2) is 17.9 Å². The maximum absolute atomic E-state index is 13.6. The Bertz CT molecular complexity index is 662. The van der Waals surface area contributed by atoms with E-state index >= 15 is 0 Å². The van der Waals surface area contributed by atoms with Crippen molar-refractivity contribution in [3.8, 4) is 0 Å². The molecule has 0 aliphatic rings. The Morgan fingerprint density at radius 1 is 1.40 bits per heavy atom. The van der Waals surface area contributed by atoms with Gasteiger partial charge >= 0.3 is 5.69 Å². The van der Waals surface area contributed by atoms with Gasteiger partial charge in [0.25, 0.3) is 5.91 Å². The molecule has 1 aromatic rings. The summed E-state index contributed by atoms with van der Waals surface area (Å²) in [7, 11) is -3.83. The predicted molar refractivity (Wildman–Crippen MR) is 63.3 cm³/mol. The van der Waals surface area contributed by atoms with E-state index in [-0.39, 0.29) is 0 Å². The van der Waals surface area contributed by atoms with E-state index in [1.807, 2.05) is 5.32 Å². The number of nitrogens with zero attached hydrogens (tertiary/aromatic N) is 1. The molecule has 0 spiro atoms. The second kappa shape index (κ2) is 5.88. The molecule has 8 nitrogen and oxygen atoms in total. The molecule has 0 aliphatic carbocycles. The molecule has 1 rings (SSSR count). The van der Waals surface area contributed by atoms with E-state index in [1.165, 1.54) is 0 Å². The molecule has 0 fully saturated rings. The first-order valence-corrected chi connectivity index (χ1v) is 6.75. The normalized spacial score (nSPS) is 11.2. The van der Waals surface area contributed by atoms with Crippen LogP contribution in [-0.2, 0) is 10.0 Å². The Kier molecular flexibility index (Phi) is 4.68. The van der Waals surface area contributed by atoms with E-state index in [9.17, 15) is 32.1 Å². The summed E-state index contributed by atoms with van der Waals surface area (Å²) in [4.78, 5) is 20.8. The summed E-state index contributed by atoms with van der Waals surface area (Å²) < 4.78 is 47.9. The van der Waals surface area contributed by atoms with E-state index < -0.39 is 56.0 Å². The van der Waals surface area contributed by atoms with Crippen molar-refractivity contribution in [3.05, 3.63) is 39.4 Å². The maximum Gasteiger partial charge on any atom is 0.308 e. The molecule has 0 heterocycles. The fourth-order valence-corrected chi connectivity index (χ4v) is 1.66. The summed E-state index contributed by atoms with van der Waals surface area (Å²) in [5, 5.41) is 17.1. The first-order chi connectivity index (χ1) is 9.11. The number of nitrogens with two attached hydrogens (primary N) is 1. The van der Waals surface area contributed by atoms with Crippen LogP contribution in [0, 0.1) is 21.7 Å². The van der Waals surface area contributed by atoms with E-state index in [0.29, 0.717) is 12.1 Å². The average Bonchev–Trinajstić information content (AvgIpc) is 2.29. The molecule has 1 amide bonds. The second-order valence-corrected chi connectivity index (χ2v) is 5.40. The van der Waals surface area contributed by atoms with Gasteiger partial charge in [0, 0.05) is 6.54 Å². The number of hydrogen-bond donors (Lipinski definition) is 2. The summed E-state index contributed by atoms with van der Waals surface area (Å²) >= 11 is 0. The van der Waals surface area contributed by atoms with Crippen LogP contribution in [0.3, 0.4) is 0 Å². The van der Waals surface area contributed by atoms with E-state index in [1.54, 1.807) is 0 Å². The van der Waals surface area contributed by atoms with Crippen molar-refractivity contribution in [2.24, 2.45) is 5.14 Å². The van der Waals surface area contributed by atoms with Crippen molar-refractivity contribution < 1.29 is 26.9 Å². The zero-order chi connectivity index (χ0) is 15.5. The summed E-state index contributed by atoms with van der Waals surface area (Å²) in [5.74, 6) is -4.48. The number of carbonyl (C=O) groups is 1. The fourth-order valence-electron chi connectivity index (χ4n) is 1.27. The van der Waals surface area contributed by atoms with Crippen LogP contribution in [0.2, 0.25) is 0 Å². The van der Waals surface area contributed by atoms with E-state index in [0.717, 1.165) is 0 Å². The number of hydrogen-bond acceptors (Lipinski definition) is 5. The highest BCUT2D eigenvalue weighted by atomic mass is 32.2. The molecule has 0 atom stereocenters. The number of nitro benzene ring substituents is 1. The summed E-state index contributed by atoms with van der Waals surface area (Å²) in [6, 6.07) is 0.797. The SMILES string of the molecule is NS(=O)(=O)CCNC(=O)c1cc(F)cc([N+](=O)[O-])c1F. The summed E-state index contributed by atoms with van der Waals surface area (Å²) in [5.41, 5.74) is -2.09. The summed E-state index contributed by atoms with van der Waals surface area (Å²) in [6.45, 7) is -0.443. The molecule has 0 saturated heterocycles. The highest BCUT2D eigenvalue weighted by Crippen LogP contribution is 2.22. The molecule has 0 aromatic heterocycles. The highest BCUT2D eigenvalue weighted by molar-refractivity contribution is 7.89. The minimum atomic E-state index is -3.83. The largest absolute Gasteiger partial charge is 0.351 e. The van der Waals surface area contributed by atoms with Gasteiger partial charge in [-0.2, -0.15) is 4.39 Å². The van der Waals surface area contributed by atoms with Gasteiger partial charge < -0.3 is 5.32 Å². The van der Waals surface area contributed by atoms with Crippen LogP contribution < -0.4 is 10.5 Å². The molecule has 0 bridgehead atoms. The molecule has 1 aromatic carbocycles. The molecule has 11 heteroatoms. The van der Waals surface area contributed by atoms with Gasteiger partial charge in [-0.15, -0.1) is 0 Å². The highest BCUT2D eigenvalue weighted by Gasteiger charge is 2.24. The van der Waals surface area contributed by atoms with Crippen molar-refractivity contribution >= 4 is 21.6 Å². The van der Waals surface area contributed by atoms with Gasteiger partial charge in [0.1, 0.15) is 5.82 Å². The zero-order valence-corrected chi connectivity index (χ0v) is 10.6. The van der Waals surface area contributed by atoms with Crippen LogP contribution in [0.1, 0.15) is 10.4 Å². The maximum atomic E-state index is 13.6. The second-order valence-electron chi connectivity index (χ2n) is 3.67. The topological polar surface area (TPSA) is 132 Å². The number of halogens is 2. The van der Waals surface area contributed by atoms with Crippen LogP contribution in [0.5, 0.6) is 0 Å². The number of benzene rings is 1. The van der Waals surface area contributed by atoms with Crippen LogP contribution >= 0.6 is 0 Å². The lowest BCUT2D eigenvalue weighted by atomic mass is 10.1. The molecule has 0 aliphatic heterocycles. The van der Waals surface area contributed by atoms with Gasteiger partial charge in [-0.05, 0) is 6.07 Å². The molecule has 0 saturated carbocycles. The van der Waals surface area contributed by atoms with Crippen LogP contribution in [-0.4, -0.2) is 31.5 Å². The molecule has 0 radical (unpaired) electrons. The molecule has 20 heavy (non-hydrogen) atoms. The number of sulfonamides is 1. The van der Waals surface area contributed by atoms with Crippen LogP contribution in [0.15, 0.2) is 12.1 Å². The smallest absolute Gasteiger partial charge is 0.308 e. The third-order valence-corrected chi connectivity index (χ3v) is 2.90. The van der Waals surface area contributed by atoms with Crippen molar-refractivity contribution in [3.63, 3.8) is 0 Å². The Labute approximate surface area is 111 Å². The van der Waals surface area contributed by atoms with Crippen molar-refractivity contribution in [1.29, 1.82) is 0 Å². The first-order valence-electron chi connectivity index (χ1n) is 5.04. The monoisotopic (exact) mass is 309 g/mol. The Morgan fingerprint density at radius 3 is 2.50 bits per heavy atom. The summed E-state index contributed by atoms with van der Waals surface area (Å²) in [6.07, 6.45) is 0. The molecular weight excluding hydrogens is 300 g/mol. The lowest BCUT2D eigenvalue weighted by Gasteiger charge is -2.06. The van der Waals surface area contributed by atoms with Gasteiger partial charge in [0.2, 0.25) is 15.8 Å². The Hall–Kier alpha value is -2.14. The van der Waals surface area contributed by atoms with Crippen molar-refractivity contribution in [2.45, 2.75) is 0 Å². The average molecular weight is 309 g/mol. The number of nitro groups is 1. The van der Waals surface area contributed by atoms with Gasteiger partial charge in [0.05, 0.1) is 22.3 Å². The van der Waals surface area contributed by atoms with Crippen LogP contribution in [0.25, 0.3) is 0 Å². The van der Waals surface area contributed by atoms with E-state index in [4.69, 9.17) is 0 Å². The minimum absolute atomic E-state index is 0.330. The van der Waals surface area contributed by atoms with Crippen molar-refractivity contribution in [2.75, 3.05) is 12.3 Å². The van der Waals surface area contributed by atoms with Crippen molar-refractivity contribution in [1.82, 2.24) is 5.32 Å². The van der Waals surface area contributed by atoms with Crippen LogP contribution in [0.4, 0.5) is 14.5 Å². The Balaban J connectivity index is 2.96. The molecule has 0 unspecified atom stereocenters. The zero-order valence-electron chi connectivity index (χ0n) is 9.80. The molecular formula is C9H9F2N3O5S. The third kappa shape index (κ3) is 4.20. The molecule has 110 valence electrons. The number of nitrogens with one attached hydrogen (secondary N) is 1. The lowest BCUT2D eigenvalue weighted by Crippen LogP contribution is -2.32. The minimum Gasteiger partial charge on any atom is -0.351 e. The van der Waals surface area contributed by atoms with Gasteiger partial charge in [-0.3, -0.25) is 14.9 Å². The third-order valence-electron chi connectivity index (χ3n) is 2.13. The van der Waals surface area contributed by atoms with E-state index in [2.05, 4.69) is 5.14 Å². The lowest BCUT2D eigenvalue weighted by molar-refractivity contribution is -0.387. The number of rotatable bonds is 5. The number of amides is 1. The fraction of sp³-hybridized carbons (Fsp3) is 0.222. The standard InChI is InChI=1S/C9H9F2N3O5S/c10-5-3-6(8(11)7(4-5)14(16)17)9(15)13-1-2-20(12,18)19/h3-4H,1-2H2,(H,13,15)(H2,12,18,19). The Morgan fingerprint density at radius 2 is 2.00 bits per heavy atom. The first kappa shape index (κ1) is 15.9.